The van der Waals surface area contributed by atoms with Gasteiger partial charge in [0.2, 0.25) is 0 Å². The van der Waals surface area contributed by atoms with E-state index in [0.29, 0.717) is 0 Å². The van der Waals surface area contributed by atoms with Gasteiger partial charge in [0.1, 0.15) is 17.3 Å². The summed E-state index contributed by atoms with van der Waals surface area (Å²) in [5, 5.41) is 7.32. The quantitative estimate of drug-likeness (QED) is 0.181. The fraction of sp³-hybridized carbons (Fsp3) is 0.179. The van der Waals surface area contributed by atoms with Crippen molar-refractivity contribution in [2.24, 2.45) is 0 Å². The smallest absolute Gasteiger partial charge is 0.137 e. The second-order valence-electron chi connectivity index (χ2n) is 11.4. The molecule has 7 aromatic rings. The zero-order valence-corrected chi connectivity index (χ0v) is 25.7. The van der Waals surface area contributed by atoms with Gasteiger partial charge in [-0.2, -0.15) is 5.10 Å². The van der Waals surface area contributed by atoms with E-state index >= 15 is 0 Å². The van der Waals surface area contributed by atoms with E-state index < -0.39 is 0 Å². The number of fused-ring (bicyclic) bond motifs is 3. The van der Waals surface area contributed by atoms with Gasteiger partial charge < -0.3 is 4.74 Å². The molecule has 0 unspecified atom stereocenters. The largest absolute Gasteiger partial charge is 0.457 e. The minimum Gasteiger partial charge on any atom is -0.457 e. The first-order valence-corrected chi connectivity index (χ1v) is 15.5. The van der Waals surface area contributed by atoms with E-state index in [2.05, 4.69) is 117 Å². The van der Waals surface area contributed by atoms with Crippen LogP contribution in [0.1, 0.15) is 42.8 Å². The highest BCUT2D eigenvalue weighted by Gasteiger charge is 2.17. The molecule has 0 saturated heterocycles. The SMILES string of the molecule is CCCc1ccnc(-n2c3ccc(CC)cc3c3ccc(Oc4cccc(-n5nc(C)c(-c6ccccc6)c5C)c4)cc32)c1. The van der Waals surface area contributed by atoms with E-state index in [1.165, 1.54) is 27.5 Å². The van der Waals surface area contributed by atoms with E-state index in [9.17, 15) is 0 Å². The molecule has 3 aromatic heterocycles. The molecule has 0 N–H and O–H groups in total. The van der Waals surface area contributed by atoms with Gasteiger partial charge in [0.25, 0.3) is 0 Å². The summed E-state index contributed by atoms with van der Waals surface area (Å²) in [7, 11) is 0. The molecule has 5 nitrogen and oxygen atoms in total. The summed E-state index contributed by atoms with van der Waals surface area (Å²) in [5.41, 5.74) is 10.2. The first-order valence-electron chi connectivity index (χ1n) is 15.5. The minimum absolute atomic E-state index is 0.759. The molecule has 3 heterocycles. The zero-order chi connectivity index (χ0) is 30.2. The third kappa shape index (κ3) is 4.94. The maximum absolute atomic E-state index is 6.53. The van der Waals surface area contributed by atoms with Crippen molar-refractivity contribution in [3.05, 3.63) is 132 Å². The summed E-state index contributed by atoms with van der Waals surface area (Å²) >= 11 is 0. The van der Waals surface area contributed by atoms with Crippen molar-refractivity contribution in [3.8, 4) is 34.1 Å². The molecule has 4 aromatic carbocycles. The van der Waals surface area contributed by atoms with Gasteiger partial charge in [0.05, 0.1) is 22.4 Å². The van der Waals surface area contributed by atoms with Gasteiger partial charge in [-0.05, 0) is 91.9 Å². The summed E-state index contributed by atoms with van der Waals surface area (Å²) < 4.78 is 10.8. The Kier molecular flexibility index (Phi) is 7.23. The Morgan fingerprint density at radius 3 is 2.36 bits per heavy atom. The number of ether oxygens (including phenoxy) is 1. The van der Waals surface area contributed by atoms with Crippen LogP contribution in [0.2, 0.25) is 0 Å². The molecule has 44 heavy (non-hydrogen) atoms. The topological polar surface area (TPSA) is 44.9 Å². The van der Waals surface area contributed by atoms with Gasteiger partial charge in [-0.15, -0.1) is 0 Å². The average molecular weight is 577 g/mol. The van der Waals surface area contributed by atoms with Crippen molar-refractivity contribution in [1.82, 2.24) is 19.3 Å². The second kappa shape index (κ2) is 11.5. The fourth-order valence-corrected chi connectivity index (χ4v) is 6.34. The Bertz CT molecular complexity index is 2120. The van der Waals surface area contributed by atoms with E-state index in [0.717, 1.165) is 70.3 Å². The van der Waals surface area contributed by atoms with Crippen LogP contribution in [-0.4, -0.2) is 19.3 Å². The highest BCUT2D eigenvalue weighted by molar-refractivity contribution is 6.09. The fourth-order valence-electron chi connectivity index (χ4n) is 6.34. The Morgan fingerprint density at radius 2 is 1.55 bits per heavy atom. The Labute approximate surface area is 258 Å². The second-order valence-corrected chi connectivity index (χ2v) is 11.4. The standard InChI is InChI=1S/C39H36N4O/c1-5-11-29-20-21-40-38(23-29)42-36-19-16-28(6-2)22-35(36)34-18-17-33(25-37(34)42)44-32-15-10-14-31(24-32)43-27(4)39(26(3)41-43)30-12-8-7-9-13-30/h7-10,12-25H,5-6,11H2,1-4H3. The van der Waals surface area contributed by atoms with Gasteiger partial charge in [0.15, 0.2) is 0 Å². The van der Waals surface area contributed by atoms with Crippen molar-refractivity contribution in [3.63, 3.8) is 0 Å². The number of aromatic nitrogens is 4. The molecule has 5 heteroatoms. The summed E-state index contributed by atoms with van der Waals surface area (Å²) in [4.78, 5) is 4.82. The van der Waals surface area contributed by atoms with Gasteiger partial charge in [-0.25, -0.2) is 9.67 Å². The van der Waals surface area contributed by atoms with Crippen LogP contribution in [0.4, 0.5) is 0 Å². The van der Waals surface area contributed by atoms with Crippen LogP contribution in [0, 0.1) is 13.8 Å². The minimum atomic E-state index is 0.759. The first-order chi connectivity index (χ1) is 21.5. The van der Waals surface area contributed by atoms with Crippen molar-refractivity contribution in [2.45, 2.75) is 47.0 Å². The number of aryl methyl sites for hydroxylation is 3. The normalized spacial score (nSPS) is 11.5. The molecule has 0 bridgehead atoms. The Hall–Kier alpha value is -5.16. The Balaban J connectivity index is 1.30. The molecule has 0 aliphatic heterocycles. The molecule has 218 valence electrons. The van der Waals surface area contributed by atoms with E-state index in [-0.39, 0.29) is 0 Å². The predicted octanol–water partition coefficient (Wildman–Crippen LogP) is 9.96. The molecule has 0 atom stereocenters. The van der Waals surface area contributed by atoms with Crippen LogP contribution in [0.25, 0.3) is 44.4 Å². The Morgan fingerprint density at radius 1 is 0.705 bits per heavy atom. The van der Waals surface area contributed by atoms with Gasteiger partial charge >= 0.3 is 0 Å². The lowest BCUT2D eigenvalue weighted by Gasteiger charge is -2.11. The summed E-state index contributed by atoms with van der Waals surface area (Å²) in [6.45, 7) is 8.60. The summed E-state index contributed by atoms with van der Waals surface area (Å²) in [6, 6.07) is 36.0. The maximum Gasteiger partial charge on any atom is 0.137 e. The molecule has 7 rings (SSSR count). The third-order valence-corrected chi connectivity index (χ3v) is 8.44. The van der Waals surface area contributed by atoms with Crippen LogP contribution in [0.3, 0.4) is 0 Å². The number of hydrogen-bond donors (Lipinski definition) is 0. The molecule has 0 saturated carbocycles. The monoisotopic (exact) mass is 576 g/mol. The first kappa shape index (κ1) is 27.7. The van der Waals surface area contributed by atoms with Crippen molar-refractivity contribution in [1.29, 1.82) is 0 Å². The molecule has 0 spiro atoms. The molecule has 0 amide bonds. The van der Waals surface area contributed by atoms with Crippen LogP contribution >= 0.6 is 0 Å². The predicted molar refractivity (Wildman–Crippen MR) is 180 cm³/mol. The molecular weight excluding hydrogens is 540 g/mol. The number of rotatable bonds is 8. The van der Waals surface area contributed by atoms with Crippen LogP contribution < -0.4 is 4.74 Å². The van der Waals surface area contributed by atoms with Crippen molar-refractivity contribution < 1.29 is 4.74 Å². The number of pyridine rings is 1. The lowest BCUT2D eigenvalue weighted by Crippen LogP contribution is -2.00. The lowest BCUT2D eigenvalue weighted by atomic mass is 10.0. The third-order valence-electron chi connectivity index (χ3n) is 8.44. The molecular formula is C39H36N4O. The van der Waals surface area contributed by atoms with Gasteiger partial charge in [-0.3, -0.25) is 4.57 Å². The summed E-state index contributed by atoms with van der Waals surface area (Å²) in [5.74, 6) is 2.46. The maximum atomic E-state index is 6.53. The van der Waals surface area contributed by atoms with Gasteiger partial charge in [-0.1, -0.05) is 62.7 Å². The molecule has 0 fully saturated rings. The highest BCUT2D eigenvalue weighted by Crippen LogP contribution is 2.36. The van der Waals surface area contributed by atoms with Gasteiger partial charge in [0, 0.05) is 40.4 Å². The number of benzene rings is 4. The van der Waals surface area contributed by atoms with Crippen molar-refractivity contribution >= 4 is 21.8 Å². The molecule has 0 aliphatic carbocycles. The number of nitrogens with zero attached hydrogens (tertiary/aromatic N) is 4. The van der Waals surface area contributed by atoms with Crippen molar-refractivity contribution in [2.75, 3.05) is 0 Å². The van der Waals surface area contributed by atoms with Crippen LogP contribution in [-0.2, 0) is 12.8 Å². The molecule has 0 radical (unpaired) electrons. The van der Waals surface area contributed by atoms with E-state index in [1.54, 1.807) is 0 Å². The van der Waals surface area contributed by atoms with E-state index in [4.69, 9.17) is 14.8 Å². The van der Waals surface area contributed by atoms with Crippen LogP contribution in [0.15, 0.2) is 109 Å². The highest BCUT2D eigenvalue weighted by atomic mass is 16.5. The van der Waals surface area contributed by atoms with Crippen LogP contribution in [0.5, 0.6) is 11.5 Å². The molecule has 0 aliphatic rings. The summed E-state index contributed by atoms with van der Waals surface area (Å²) in [6.07, 6.45) is 5.04. The lowest BCUT2D eigenvalue weighted by molar-refractivity contribution is 0.483. The van der Waals surface area contributed by atoms with E-state index in [1.807, 2.05) is 29.1 Å². The zero-order valence-electron chi connectivity index (χ0n) is 25.7. The average Bonchev–Trinajstić information content (AvgIpc) is 3.53. The number of hydrogen-bond acceptors (Lipinski definition) is 3.